The zero-order chi connectivity index (χ0) is 19.8. The molecule has 0 radical (unpaired) electrons. The number of pyridine rings is 1. The van der Waals surface area contributed by atoms with Gasteiger partial charge in [0.25, 0.3) is 0 Å². The first-order chi connectivity index (χ1) is 14.2. The number of aromatic nitrogens is 1. The van der Waals surface area contributed by atoms with Gasteiger partial charge < -0.3 is 5.11 Å². The third-order valence-electron chi connectivity index (χ3n) is 6.13. The highest BCUT2D eigenvalue weighted by Crippen LogP contribution is 2.31. The second-order valence-corrected chi connectivity index (χ2v) is 8.10. The zero-order valence-electron chi connectivity index (χ0n) is 16.7. The molecule has 8 rings (SSSR count). The highest BCUT2D eigenvalue weighted by molar-refractivity contribution is 5.88. The quantitative estimate of drug-likeness (QED) is 0.498. The van der Waals surface area contributed by atoms with Crippen LogP contribution in [0.4, 0.5) is 0 Å². The molecule has 1 N–H and O–H groups in total. The Morgan fingerprint density at radius 1 is 0.759 bits per heavy atom. The predicted molar refractivity (Wildman–Crippen MR) is 118 cm³/mol. The number of aliphatic hydroxyl groups is 1. The van der Waals surface area contributed by atoms with Crippen LogP contribution >= 0.6 is 0 Å². The molecule has 0 aliphatic heterocycles. The molecule has 0 amide bonds. The highest BCUT2D eigenvalue weighted by atomic mass is 16.3. The lowest BCUT2D eigenvalue weighted by atomic mass is 9.91. The van der Waals surface area contributed by atoms with E-state index >= 15 is 0 Å². The summed E-state index contributed by atoms with van der Waals surface area (Å²) in [6.07, 6.45) is 3.28. The molecule has 4 aliphatic rings. The van der Waals surface area contributed by atoms with Crippen LogP contribution in [0.3, 0.4) is 0 Å². The molecule has 4 aliphatic carbocycles. The average molecular weight is 380 g/mol. The van der Waals surface area contributed by atoms with Crippen LogP contribution in [0.5, 0.6) is 0 Å². The third-order valence-corrected chi connectivity index (χ3v) is 6.13. The molecular weight excluding hydrogens is 354 g/mol. The molecule has 2 nitrogen and oxygen atoms in total. The minimum absolute atomic E-state index is 0.707. The predicted octanol–water partition coefficient (Wildman–Crippen LogP) is 5.51. The number of hydrogen-bond acceptors (Lipinski definition) is 2. The van der Waals surface area contributed by atoms with Crippen LogP contribution in [0.2, 0.25) is 0 Å². The first-order valence-corrected chi connectivity index (χ1v) is 10.4. The second-order valence-electron chi connectivity index (χ2n) is 8.10. The fourth-order valence-electron chi connectivity index (χ4n) is 4.49. The van der Waals surface area contributed by atoms with Crippen LogP contribution in [0.25, 0.3) is 10.9 Å². The van der Waals surface area contributed by atoms with Crippen molar-refractivity contribution in [3.05, 3.63) is 112 Å². The van der Waals surface area contributed by atoms with Gasteiger partial charge in [-0.2, -0.15) is 0 Å². The molecule has 4 aromatic rings. The molecule has 0 saturated carbocycles. The molecule has 29 heavy (non-hydrogen) atoms. The van der Waals surface area contributed by atoms with Crippen LogP contribution in [-0.4, -0.2) is 10.1 Å². The van der Waals surface area contributed by atoms with E-state index in [1.54, 1.807) is 0 Å². The van der Waals surface area contributed by atoms with Gasteiger partial charge in [-0.1, -0.05) is 66.7 Å². The number of hydrogen-bond donors (Lipinski definition) is 1. The van der Waals surface area contributed by atoms with Crippen LogP contribution < -0.4 is 0 Å². The summed E-state index contributed by atoms with van der Waals surface area (Å²) in [6, 6.07) is 25.4. The number of rotatable bonds is 2. The van der Waals surface area contributed by atoms with E-state index in [9.17, 15) is 5.11 Å². The molecule has 1 atom stereocenters. The molecule has 4 bridgehead atoms. The van der Waals surface area contributed by atoms with E-state index in [-0.39, 0.29) is 0 Å². The van der Waals surface area contributed by atoms with Gasteiger partial charge in [0.2, 0.25) is 0 Å². The van der Waals surface area contributed by atoms with Gasteiger partial charge >= 0.3 is 0 Å². The van der Waals surface area contributed by atoms with Crippen LogP contribution in [0.15, 0.2) is 72.8 Å². The zero-order valence-corrected chi connectivity index (χ0v) is 16.7. The lowest BCUT2D eigenvalue weighted by molar-refractivity contribution is 0.215. The Balaban J connectivity index is 1.66. The van der Waals surface area contributed by atoms with Gasteiger partial charge in [0.1, 0.15) is 6.10 Å². The summed E-state index contributed by atoms with van der Waals surface area (Å²) in [6.45, 7) is 2.15. The van der Waals surface area contributed by atoms with Crippen molar-refractivity contribution in [1.82, 2.24) is 4.98 Å². The first-order valence-electron chi connectivity index (χ1n) is 10.4. The van der Waals surface area contributed by atoms with E-state index in [1.807, 2.05) is 30.3 Å². The highest BCUT2D eigenvalue weighted by Gasteiger charge is 2.17. The van der Waals surface area contributed by atoms with Crippen molar-refractivity contribution in [1.29, 1.82) is 0 Å². The molecule has 0 saturated heterocycles. The fraction of sp³-hybridized carbons (Fsp3) is 0.222. The topological polar surface area (TPSA) is 33.1 Å². The van der Waals surface area contributed by atoms with Gasteiger partial charge in [-0.3, -0.25) is 0 Å². The SMILES string of the molecule is Cc1cc([C@@H](O)c2ccccc2)nc2c3ccc(c12)CCc1ccc(cc1)CC3. The third kappa shape index (κ3) is 3.45. The normalized spacial score (nSPS) is 14.6. The molecule has 0 fully saturated rings. The Labute approximate surface area is 171 Å². The number of aliphatic hydroxyl groups excluding tert-OH is 1. The number of nitrogens with zero attached hydrogens (tertiary/aromatic N) is 1. The minimum atomic E-state index is -0.707. The van der Waals surface area contributed by atoms with Gasteiger partial charge in [0.15, 0.2) is 0 Å². The van der Waals surface area contributed by atoms with Gasteiger partial charge in [0.05, 0.1) is 11.2 Å². The minimum Gasteiger partial charge on any atom is -0.382 e. The summed E-state index contributed by atoms with van der Waals surface area (Å²) in [7, 11) is 0. The first kappa shape index (κ1) is 18.1. The van der Waals surface area contributed by atoms with Crippen LogP contribution in [-0.2, 0) is 25.7 Å². The molecule has 144 valence electrons. The summed E-state index contributed by atoms with van der Waals surface area (Å²) in [5.74, 6) is 0. The summed E-state index contributed by atoms with van der Waals surface area (Å²) >= 11 is 0. The molecule has 3 aromatic carbocycles. The maximum absolute atomic E-state index is 11.0. The Bertz CT molecular complexity index is 1160. The monoisotopic (exact) mass is 379 g/mol. The van der Waals surface area contributed by atoms with E-state index < -0.39 is 6.10 Å². The molecule has 1 heterocycles. The van der Waals surface area contributed by atoms with Crippen molar-refractivity contribution < 1.29 is 5.11 Å². The van der Waals surface area contributed by atoms with Crippen molar-refractivity contribution in [3.8, 4) is 0 Å². The Morgan fingerprint density at radius 3 is 2.07 bits per heavy atom. The smallest absolute Gasteiger partial charge is 0.121 e. The average Bonchev–Trinajstić information content (AvgIpc) is 2.75. The van der Waals surface area contributed by atoms with Crippen molar-refractivity contribution in [2.24, 2.45) is 0 Å². The Hall–Kier alpha value is -2.97. The van der Waals surface area contributed by atoms with Gasteiger partial charge in [0, 0.05) is 5.39 Å². The second kappa shape index (κ2) is 7.46. The maximum atomic E-state index is 11.0. The van der Waals surface area contributed by atoms with Crippen molar-refractivity contribution >= 4 is 10.9 Å². The van der Waals surface area contributed by atoms with E-state index in [1.165, 1.54) is 33.2 Å². The lowest BCUT2D eigenvalue weighted by Crippen LogP contribution is -2.07. The maximum Gasteiger partial charge on any atom is 0.121 e. The molecular formula is C27H25NO. The van der Waals surface area contributed by atoms with Crippen molar-refractivity contribution in [2.45, 2.75) is 38.7 Å². The Kier molecular flexibility index (Phi) is 4.65. The van der Waals surface area contributed by atoms with E-state index in [2.05, 4.69) is 49.4 Å². The molecule has 2 heteroatoms. The van der Waals surface area contributed by atoms with Crippen molar-refractivity contribution in [3.63, 3.8) is 0 Å². The summed E-state index contributed by atoms with van der Waals surface area (Å²) < 4.78 is 0. The largest absolute Gasteiger partial charge is 0.382 e. The number of benzene rings is 3. The standard InChI is InChI=1S/C27H25NO/c1-18-17-24(27(29)23-5-3-2-4-6-23)28-26-22-14-12-20-9-7-19(8-10-20)11-13-21(15-16-22)25(18)26/h2-10,15-17,27,29H,11-14H2,1H3/t27-/m0/s1. The van der Waals surface area contributed by atoms with Gasteiger partial charge in [-0.25, -0.2) is 4.98 Å². The molecule has 1 aromatic heterocycles. The van der Waals surface area contributed by atoms with Gasteiger partial charge in [-0.15, -0.1) is 0 Å². The van der Waals surface area contributed by atoms with Crippen LogP contribution in [0.1, 0.15) is 45.2 Å². The lowest BCUT2D eigenvalue weighted by Gasteiger charge is -2.18. The number of aryl methyl sites for hydroxylation is 5. The summed E-state index contributed by atoms with van der Waals surface area (Å²) in [5, 5.41) is 12.2. The van der Waals surface area contributed by atoms with E-state index in [0.717, 1.165) is 42.5 Å². The molecule has 0 spiro atoms. The van der Waals surface area contributed by atoms with E-state index in [4.69, 9.17) is 4.98 Å². The summed E-state index contributed by atoms with van der Waals surface area (Å²) in [5.41, 5.74) is 9.22. The van der Waals surface area contributed by atoms with Crippen LogP contribution in [0, 0.1) is 6.92 Å². The van der Waals surface area contributed by atoms with Crippen molar-refractivity contribution in [2.75, 3.05) is 0 Å². The fourth-order valence-corrected chi connectivity index (χ4v) is 4.49. The van der Waals surface area contributed by atoms with Gasteiger partial charge in [-0.05, 0) is 72.1 Å². The van der Waals surface area contributed by atoms with E-state index in [0.29, 0.717) is 0 Å². The Morgan fingerprint density at radius 2 is 1.38 bits per heavy atom. The summed E-state index contributed by atoms with van der Waals surface area (Å²) in [4.78, 5) is 5.01. The molecule has 0 unspecified atom stereocenters.